The van der Waals surface area contributed by atoms with Crippen LogP contribution < -0.4 is 0 Å². The maximum absolute atomic E-state index is 2.72. The monoisotopic (exact) mass is 338 g/mol. The molecule has 0 N–H and O–H groups in total. The Labute approximate surface area is 155 Å². The van der Waals surface area contributed by atoms with Gasteiger partial charge in [-0.3, -0.25) is 0 Å². The zero-order valence-corrected chi connectivity index (χ0v) is 16.8. The van der Waals surface area contributed by atoms with Gasteiger partial charge in [-0.2, -0.15) is 0 Å². The van der Waals surface area contributed by atoms with Crippen molar-refractivity contribution in [3.8, 4) is 0 Å². The highest BCUT2D eigenvalue weighted by atomic mass is 14.5. The zero-order chi connectivity index (χ0) is 17.4. The summed E-state index contributed by atoms with van der Waals surface area (Å²) in [6, 6.07) is 0. The van der Waals surface area contributed by atoms with Crippen molar-refractivity contribution in [3.05, 3.63) is 34.9 Å². The molecule has 0 radical (unpaired) electrons. The minimum absolute atomic E-state index is 0.865. The SMILES string of the molecule is CC(C)CCCC(C)[C@H]1CC[C@@H]2C1=CC[C@@H]1C3=CCCCC3=CC[C@H]12. The summed E-state index contributed by atoms with van der Waals surface area (Å²) in [4.78, 5) is 0. The Bertz CT molecular complexity index is 573. The van der Waals surface area contributed by atoms with Crippen molar-refractivity contribution in [1.29, 1.82) is 0 Å². The van der Waals surface area contributed by atoms with Gasteiger partial charge in [0.05, 0.1) is 0 Å². The average molecular weight is 339 g/mol. The Morgan fingerprint density at radius 3 is 2.68 bits per heavy atom. The molecule has 4 aliphatic carbocycles. The first-order valence-electron chi connectivity index (χ1n) is 11.2. The zero-order valence-electron chi connectivity index (χ0n) is 16.8. The summed E-state index contributed by atoms with van der Waals surface area (Å²) in [6.45, 7) is 7.28. The molecule has 0 aromatic rings. The van der Waals surface area contributed by atoms with Gasteiger partial charge >= 0.3 is 0 Å². The Balaban J connectivity index is 1.45. The van der Waals surface area contributed by atoms with Gasteiger partial charge in [-0.15, -0.1) is 0 Å². The third kappa shape index (κ3) is 3.43. The molecule has 0 spiro atoms. The summed E-state index contributed by atoms with van der Waals surface area (Å²) >= 11 is 0. The van der Waals surface area contributed by atoms with Crippen LogP contribution in [0, 0.1) is 35.5 Å². The number of allylic oxidation sites excluding steroid dienone is 6. The summed E-state index contributed by atoms with van der Waals surface area (Å²) in [5.74, 6) is 5.38. The second-order valence-corrected chi connectivity index (χ2v) is 9.82. The van der Waals surface area contributed by atoms with Crippen LogP contribution in [0.5, 0.6) is 0 Å². The lowest BCUT2D eigenvalue weighted by molar-refractivity contribution is 0.259. The lowest BCUT2D eigenvalue weighted by Crippen LogP contribution is -2.32. The fourth-order valence-corrected chi connectivity index (χ4v) is 6.51. The van der Waals surface area contributed by atoms with E-state index in [1.165, 1.54) is 64.2 Å². The standard InChI is InChI=1S/C25H38/c1-17(2)7-6-8-18(3)20-13-14-25-22(20)15-16-23-21-10-5-4-9-19(21)11-12-24(23)25/h10-11,15,17-18,20,23-25H,4-9,12-14,16H2,1-3H3/t18?,20-,23-,24-,25-/m1/s1. The van der Waals surface area contributed by atoms with Crippen LogP contribution in [-0.4, -0.2) is 0 Å². The maximum atomic E-state index is 2.72. The summed E-state index contributed by atoms with van der Waals surface area (Å²) in [5.41, 5.74) is 5.39. The lowest BCUT2D eigenvalue weighted by Gasteiger charge is -2.42. The van der Waals surface area contributed by atoms with Gasteiger partial charge < -0.3 is 0 Å². The van der Waals surface area contributed by atoms with Crippen molar-refractivity contribution in [3.63, 3.8) is 0 Å². The second-order valence-electron chi connectivity index (χ2n) is 9.82. The van der Waals surface area contributed by atoms with E-state index in [1.54, 1.807) is 11.1 Å². The van der Waals surface area contributed by atoms with Crippen LogP contribution in [0.25, 0.3) is 0 Å². The quantitative estimate of drug-likeness (QED) is 0.456. The average Bonchev–Trinajstić information content (AvgIpc) is 3.05. The second kappa shape index (κ2) is 7.45. The summed E-state index contributed by atoms with van der Waals surface area (Å²) in [7, 11) is 0. The molecule has 1 fully saturated rings. The van der Waals surface area contributed by atoms with E-state index in [1.807, 2.05) is 5.57 Å². The van der Waals surface area contributed by atoms with Crippen LogP contribution in [0.2, 0.25) is 0 Å². The smallest absolute Gasteiger partial charge is 0.00908 e. The summed E-state index contributed by atoms with van der Waals surface area (Å²) < 4.78 is 0. The first kappa shape index (κ1) is 17.6. The molecular weight excluding hydrogens is 300 g/mol. The fraction of sp³-hybridized carbons (Fsp3) is 0.760. The van der Waals surface area contributed by atoms with Crippen LogP contribution >= 0.6 is 0 Å². The first-order chi connectivity index (χ1) is 12.1. The molecule has 0 nitrogen and oxygen atoms in total. The fourth-order valence-electron chi connectivity index (χ4n) is 6.51. The van der Waals surface area contributed by atoms with Crippen LogP contribution in [0.3, 0.4) is 0 Å². The number of fused-ring (bicyclic) bond motifs is 5. The van der Waals surface area contributed by atoms with E-state index in [9.17, 15) is 0 Å². The summed E-state index contributed by atoms with van der Waals surface area (Å²) in [5, 5.41) is 0. The summed E-state index contributed by atoms with van der Waals surface area (Å²) in [6.07, 6.45) is 22.0. The number of rotatable bonds is 5. The molecule has 1 unspecified atom stereocenters. The van der Waals surface area contributed by atoms with Crippen LogP contribution in [0.1, 0.15) is 85.0 Å². The molecule has 4 rings (SSSR count). The van der Waals surface area contributed by atoms with Crippen molar-refractivity contribution in [2.24, 2.45) is 35.5 Å². The minimum Gasteiger partial charge on any atom is -0.0841 e. The molecule has 5 atom stereocenters. The van der Waals surface area contributed by atoms with Gasteiger partial charge in [-0.1, -0.05) is 63.8 Å². The van der Waals surface area contributed by atoms with E-state index in [0.29, 0.717) is 0 Å². The van der Waals surface area contributed by atoms with Gasteiger partial charge in [-0.25, -0.2) is 0 Å². The Kier molecular flexibility index (Phi) is 5.25. The van der Waals surface area contributed by atoms with E-state index in [2.05, 4.69) is 39.0 Å². The number of hydrogen-bond acceptors (Lipinski definition) is 0. The van der Waals surface area contributed by atoms with E-state index in [4.69, 9.17) is 0 Å². The molecule has 0 heteroatoms. The predicted molar refractivity (Wildman–Crippen MR) is 108 cm³/mol. The predicted octanol–water partition coefficient (Wildman–Crippen LogP) is 7.48. The van der Waals surface area contributed by atoms with Gasteiger partial charge in [0.2, 0.25) is 0 Å². The highest BCUT2D eigenvalue weighted by Gasteiger charge is 2.44. The minimum atomic E-state index is 0.865. The van der Waals surface area contributed by atoms with Crippen LogP contribution in [0.15, 0.2) is 34.9 Å². The maximum Gasteiger partial charge on any atom is -0.00908 e. The normalized spacial score (nSPS) is 35.3. The molecule has 0 bridgehead atoms. The molecule has 0 saturated heterocycles. The molecule has 0 aromatic carbocycles. The van der Waals surface area contributed by atoms with E-state index >= 15 is 0 Å². The van der Waals surface area contributed by atoms with Crippen molar-refractivity contribution in [2.45, 2.75) is 85.0 Å². The molecule has 0 aliphatic heterocycles. The Hall–Kier alpha value is -0.780. The van der Waals surface area contributed by atoms with E-state index < -0.39 is 0 Å². The third-order valence-corrected chi connectivity index (χ3v) is 7.84. The molecule has 25 heavy (non-hydrogen) atoms. The van der Waals surface area contributed by atoms with Gasteiger partial charge in [0.15, 0.2) is 0 Å². The Morgan fingerprint density at radius 2 is 1.84 bits per heavy atom. The van der Waals surface area contributed by atoms with Gasteiger partial charge in [0.25, 0.3) is 0 Å². The lowest BCUT2D eigenvalue weighted by atomic mass is 9.62. The first-order valence-corrected chi connectivity index (χ1v) is 11.2. The van der Waals surface area contributed by atoms with Crippen molar-refractivity contribution in [2.75, 3.05) is 0 Å². The molecule has 138 valence electrons. The van der Waals surface area contributed by atoms with Crippen LogP contribution in [0.4, 0.5) is 0 Å². The highest BCUT2D eigenvalue weighted by molar-refractivity contribution is 5.41. The number of hydrogen-bond donors (Lipinski definition) is 0. The van der Waals surface area contributed by atoms with Crippen LogP contribution in [-0.2, 0) is 0 Å². The molecular formula is C25H38. The molecule has 1 saturated carbocycles. The van der Waals surface area contributed by atoms with Crippen molar-refractivity contribution < 1.29 is 0 Å². The Morgan fingerprint density at radius 1 is 0.960 bits per heavy atom. The molecule has 0 heterocycles. The molecule has 0 aromatic heterocycles. The van der Waals surface area contributed by atoms with Crippen molar-refractivity contribution >= 4 is 0 Å². The third-order valence-electron chi connectivity index (χ3n) is 7.84. The molecule has 4 aliphatic rings. The largest absolute Gasteiger partial charge is 0.0841 e. The van der Waals surface area contributed by atoms with Gasteiger partial charge in [0, 0.05) is 0 Å². The van der Waals surface area contributed by atoms with Crippen molar-refractivity contribution in [1.82, 2.24) is 0 Å². The van der Waals surface area contributed by atoms with Gasteiger partial charge in [-0.05, 0) is 91.6 Å². The van der Waals surface area contributed by atoms with E-state index in [-0.39, 0.29) is 0 Å². The topological polar surface area (TPSA) is 0 Å². The highest BCUT2D eigenvalue weighted by Crippen LogP contribution is 2.55. The molecule has 0 amide bonds. The van der Waals surface area contributed by atoms with E-state index in [0.717, 1.165) is 35.5 Å². The van der Waals surface area contributed by atoms with Gasteiger partial charge in [0.1, 0.15) is 0 Å².